The van der Waals surface area contributed by atoms with Crippen LogP contribution in [0.15, 0.2) is 0 Å². The quantitative estimate of drug-likeness (QED) is 0.380. The van der Waals surface area contributed by atoms with Crippen LogP contribution < -0.4 is 0 Å². The third kappa shape index (κ3) is 5.68. The third-order valence-electron chi connectivity index (χ3n) is 11.4. The van der Waals surface area contributed by atoms with Crippen molar-refractivity contribution in [2.24, 2.45) is 45.8 Å². The van der Waals surface area contributed by atoms with E-state index in [9.17, 15) is 10.2 Å². The van der Waals surface area contributed by atoms with Crippen LogP contribution in [0.2, 0.25) is 0 Å². The number of hydrogen-bond acceptors (Lipinski definition) is 2. The lowest BCUT2D eigenvalue weighted by Gasteiger charge is -2.57. The van der Waals surface area contributed by atoms with Gasteiger partial charge in [-0.1, -0.05) is 68.2 Å². The van der Waals surface area contributed by atoms with Crippen molar-refractivity contribution in [1.82, 2.24) is 0 Å². The van der Waals surface area contributed by atoms with Gasteiger partial charge in [-0.2, -0.15) is 0 Å². The molecule has 0 aromatic rings. The molecule has 194 valence electrons. The lowest BCUT2D eigenvalue weighted by molar-refractivity contribution is -0.100. The first-order valence-corrected chi connectivity index (χ1v) is 14.7. The largest absolute Gasteiger partial charge is 0.393 e. The van der Waals surface area contributed by atoms with Crippen molar-refractivity contribution >= 4 is 0 Å². The van der Waals surface area contributed by atoms with Crippen LogP contribution in [0.1, 0.15) is 139 Å². The molecule has 0 heterocycles. The molecule has 7 atom stereocenters. The van der Waals surface area contributed by atoms with Gasteiger partial charge in [0, 0.05) is 0 Å². The maximum Gasteiger partial charge on any atom is 0.0645 e. The van der Waals surface area contributed by atoms with E-state index < -0.39 is 5.60 Å². The summed E-state index contributed by atoms with van der Waals surface area (Å²) in [4.78, 5) is 0. The van der Waals surface area contributed by atoms with Gasteiger partial charge in [-0.25, -0.2) is 0 Å². The first-order chi connectivity index (χ1) is 15.3. The molecule has 0 saturated heterocycles. The molecule has 33 heavy (non-hydrogen) atoms. The van der Waals surface area contributed by atoms with Crippen molar-refractivity contribution in [2.75, 3.05) is 0 Å². The Bertz CT molecular complexity index is 625. The highest BCUT2D eigenvalue weighted by atomic mass is 16.3. The Morgan fingerprint density at radius 1 is 0.909 bits per heavy atom. The summed E-state index contributed by atoms with van der Waals surface area (Å²) in [6, 6.07) is 0. The van der Waals surface area contributed by atoms with Gasteiger partial charge in [0.15, 0.2) is 0 Å². The summed E-state index contributed by atoms with van der Waals surface area (Å²) in [7, 11) is 0. The highest BCUT2D eigenvalue weighted by Crippen LogP contribution is 2.65. The maximum atomic E-state index is 11.2. The molecule has 0 bridgehead atoms. The molecular weight excluding hydrogens is 404 g/mol. The van der Waals surface area contributed by atoms with Crippen LogP contribution in [0.4, 0.5) is 0 Å². The van der Waals surface area contributed by atoms with E-state index in [0.29, 0.717) is 28.1 Å². The van der Waals surface area contributed by atoms with Crippen molar-refractivity contribution in [3.63, 3.8) is 0 Å². The van der Waals surface area contributed by atoms with Gasteiger partial charge in [0.25, 0.3) is 0 Å². The fraction of sp³-hybridized carbons (Fsp3) is 1.00. The number of aliphatic hydroxyl groups excluding tert-OH is 1. The van der Waals surface area contributed by atoms with Crippen molar-refractivity contribution in [2.45, 2.75) is 151 Å². The lowest BCUT2D eigenvalue weighted by atomic mass is 9.49. The van der Waals surface area contributed by atoms with Crippen LogP contribution in [0.5, 0.6) is 0 Å². The van der Waals surface area contributed by atoms with E-state index in [0.717, 1.165) is 49.9 Å². The summed E-state index contributed by atoms with van der Waals surface area (Å²) >= 11 is 0. The predicted molar refractivity (Wildman–Crippen MR) is 141 cm³/mol. The van der Waals surface area contributed by atoms with E-state index in [-0.39, 0.29) is 6.10 Å². The van der Waals surface area contributed by atoms with Crippen LogP contribution in [0, 0.1) is 45.8 Å². The van der Waals surface area contributed by atoms with Crippen LogP contribution in [-0.4, -0.2) is 21.9 Å². The zero-order chi connectivity index (χ0) is 24.7. The Hall–Kier alpha value is -0.0800. The van der Waals surface area contributed by atoms with Crippen LogP contribution >= 0.6 is 0 Å². The van der Waals surface area contributed by atoms with E-state index in [1.54, 1.807) is 0 Å². The van der Waals surface area contributed by atoms with Crippen LogP contribution in [0.25, 0.3) is 0 Å². The second kappa shape index (κ2) is 10.1. The van der Waals surface area contributed by atoms with Gasteiger partial charge in [0.2, 0.25) is 0 Å². The fourth-order valence-corrected chi connectivity index (χ4v) is 8.92. The zero-order valence-electron chi connectivity index (χ0n) is 23.6. The monoisotopic (exact) mass is 462 g/mol. The molecular formula is C31H58O2. The summed E-state index contributed by atoms with van der Waals surface area (Å²) in [5.41, 5.74) is 0.693. The molecule has 2 heteroatoms. The molecule has 2 nitrogen and oxygen atoms in total. The average Bonchev–Trinajstić information content (AvgIpc) is 3.11. The predicted octanol–water partition coefficient (Wildman–Crippen LogP) is 8.39. The van der Waals surface area contributed by atoms with E-state index in [4.69, 9.17) is 0 Å². The zero-order valence-corrected chi connectivity index (χ0v) is 23.6. The Kier molecular flexibility index (Phi) is 8.43. The molecule has 3 fully saturated rings. The average molecular weight is 463 g/mol. The first kappa shape index (κ1) is 27.5. The number of aliphatic hydroxyl groups is 2. The van der Waals surface area contributed by atoms with E-state index in [1.165, 1.54) is 51.4 Å². The Labute approximate surface area is 206 Å². The van der Waals surface area contributed by atoms with Gasteiger partial charge in [-0.05, 0) is 116 Å². The maximum absolute atomic E-state index is 11.2. The van der Waals surface area contributed by atoms with Gasteiger partial charge in [-0.3, -0.25) is 0 Å². The summed E-state index contributed by atoms with van der Waals surface area (Å²) < 4.78 is 0. The molecule has 2 N–H and O–H groups in total. The minimum Gasteiger partial charge on any atom is -0.393 e. The van der Waals surface area contributed by atoms with Crippen LogP contribution in [0.3, 0.4) is 0 Å². The molecule has 0 radical (unpaired) electrons. The van der Waals surface area contributed by atoms with Crippen molar-refractivity contribution < 1.29 is 10.2 Å². The molecule has 0 unspecified atom stereocenters. The van der Waals surface area contributed by atoms with Gasteiger partial charge in [0.05, 0.1) is 11.7 Å². The Balaban J connectivity index is 1.75. The summed E-state index contributed by atoms with van der Waals surface area (Å²) in [6.07, 6.45) is 15.2. The third-order valence-corrected chi connectivity index (χ3v) is 11.4. The number of fused-ring (bicyclic) bond motifs is 1. The van der Waals surface area contributed by atoms with Crippen molar-refractivity contribution in [3.8, 4) is 0 Å². The second-order valence-corrected chi connectivity index (χ2v) is 14.7. The van der Waals surface area contributed by atoms with Gasteiger partial charge in [-0.15, -0.1) is 0 Å². The Morgan fingerprint density at radius 2 is 1.55 bits per heavy atom. The molecule has 0 aromatic heterocycles. The SMILES string of the molecule is CCC[C@H]1[C@@H]2CC[C@H]([C@H](C)[C@H](O)CCC(C)(C)C)[C@@]2(C)CC[C@@H]1[C@]1(C)CC[C@](O)(CC)CC1. The van der Waals surface area contributed by atoms with Gasteiger partial charge >= 0.3 is 0 Å². The standard InChI is InChI=1S/C31H58O2/c1-9-11-23-25(29(7)18-20-31(33,10-2)21-19-29)14-17-30(8)24(12-13-26(23)30)22(3)27(32)15-16-28(4,5)6/h22-27,32-33H,9-21H2,1-8H3/t22-,23+,24+,25-,26-,27+,29-,30+,31-/m0/s1. The van der Waals surface area contributed by atoms with Gasteiger partial charge in [0.1, 0.15) is 0 Å². The first-order valence-electron chi connectivity index (χ1n) is 14.7. The summed E-state index contributed by atoms with van der Waals surface area (Å²) in [5.74, 6) is 3.54. The molecule has 3 aliphatic carbocycles. The fourth-order valence-electron chi connectivity index (χ4n) is 8.92. The smallest absolute Gasteiger partial charge is 0.0645 e. The minimum atomic E-state index is -0.403. The number of rotatable bonds is 8. The van der Waals surface area contributed by atoms with Crippen LogP contribution in [-0.2, 0) is 0 Å². The molecule has 3 rings (SSSR count). The lowest BCUT2D eigenvalue weighted by Crippen LogP contribution is -2.50. The second-order valence-electron chi connectivity index (χ2n) is 14.7. The van der Waals surface area contributed by atoms with E-state index in [2.05, 4.69) is 55.4 Å². The molecule has 3 aliphatic rings. The minimum absolute atomic E-state index is 0.158. The highest BCUT2D eigenvalue weighted by Gasteiger charge is 2.58. The van der Waals surface area contributed by atoms with E-state index >= 15 is 0 Å². The molecule has 0 aliphatic heterocycles. The summed E-state index contributed by atoms with van der Waals surface area (Å²) in [5, 5.41) is 22.1. The summed E-state index contributed by atoms with van der Waals surface area (Å²) in [6.45, 7) is 19.0. The molecule has 0 amide bonds. The highest BCUT2D eigenvalue weighted by molar-refractivity contribution is 5.07. The molecule has 0 aromatic carbocycles. The molecule has 3 saturated carbocycles. The van der Waals surface area contributed by atoms with Crippen molar-refractivity contribution in [3.05, 3.63) is 0 Å². The topological polar surface area (TPSA) is 40.5 Å². The van der Waals surface area contributed by atoms with Crippen molar-refractivity contribution in [1.29, 1.82) is 0 Å². The Morgan fingerprint density at radius 3 is 2.09 bits per heavy atom. The number of hydrogen-bond donors (Lipinski definition) is 2. The molecule has 0 spiro atoms. The van der Waals surface area contributed by atoms with Gasteiger partial charge < -0.3 is 10.2 Å². The normalized spacial score (nSPS) is 43.8. The van der Waals surface area contributed by atoms with E-state index in [1.807, 2.05) is 0 Å².